The van der Waals surface area contributed by atoms with Crippen LogP contribution in [-0.2, 0) is 0 Å². The van der Waals surface area contributed by atoms with E-state index in [4.69, 9.17) is 16.9 Å². The first-order valence-corrected chi connectivity index (χ1v) is 4.97. The molecule has 0 heterocycles. The van der Waals surface area contributed by atoms with Gasteiger partial charge < -0.3 is 0 Å². The van der Waals surface area contributed by atoms with Crippen LogP contribution in [0.25, 0.3) is 0 Å². The zero-order valence-electron chi connectivity index (χ0n) is 6.35. The number of alkyl halides is 1. The predicted octanol–water partition coefficient (Wildman–Crippen LogP) is 2.65. The molecule has 0 spiro atoms. The van der Waals surface area contributed by atoms with E-state index < -0.39 is 0 Å². The Balaban J connectivity index is 3.72. The fraction of sp³-hybridized carbons (Fsp3) is 0.857. The van der Waals surface area contributed by atoms with Gasteiger partial charge in [0.2, 0.25) is 0 Å². The Bertz CT molecular complexity index is 132. The van der Waals surface area contributed by atoms with E-state index in [0.29, 0.717) is 5.88 Å². The van der Waals surface area contributed by atoms with Gasteiger partial charge in [-0.05, 0) is 26.0 Å². The molecule has 1 nitrogen and oxygen atoms in total. The lowest BCUT2D eigenvalue weighted by Crippen LogP contribution is -2.16. The number of rotatable bonds is 4. The Hall–Kier alpha value is 0.130. The third-order valence-corrected chi connectivity index (χ3v) is 2.94. The molecule has 0 aliphatic carbocycles. The molecule has 0 aromatic heterocycles. The van der Waals surface area contributed by atoms with Crippen molar-refractivity contribution in [2.45, 2.75) is 24.5 Å². The van der Waals surface area contributed by atoms with Crippen LogP contribution in [-0.4, -0.2) is 16.9 Å². The van der Waals surface area contributed by atoms with Crippen molar-refractivity contribution in [3.05, 3.63) is 0 Å². The molecule has 0 aromatic carbocycles. The second kappa shape index (κ2) is 4.87. The molecule has 0 amide bonds. The van der Waals surface area contributed by atoms with Crippen LogP contribution >= 0.6 is 23.4 Å². The van der Waals surface area contributed by atoms with Crippen molar-refractivity contribution in [2.75, 3.05) is 12.1 Å². The van der Waals surface area contributed by atoms with Gasteiger partial charge >= 0.3 is 0 Å². The Morgan fingerprint density at radius 3 is 2.60 bits per heavy atom. The van der Waals surface area contributed by atoms with Crippen molar-refractivity contribution in [1.82, 2.24) is 0 Å². The van der Waals surface area contributed by atoms with E-state index in [9.17, 15) is 0 Å². The summed E-state index contributed by atoms with van der Waals surface area (Å²) in [5.74, 6) is 0.651. The van der Waals surface area contributed by atoms with Crippen LogP contribution in [0, 0.1) is 11.3 Å². The third kappa shape index (κ3) is 3.34. The van der Waals surface area contributed by atoms with Gasteiger partial charge in [0.1, 0.15) is 0 Å². The first-order valence-electron chi connectivity index (χ1n) is 3.21. The van der Waals surface area contributed by atoms with Crippen LogP contribution in [0.1, 0.15) is 19.8 Å². The minimum Gasteiger partial charge on any atom is -0.197 e. The van der Waals surface area contributed by atoms with Crippen LogP contribution in [0.5, 0.6) is 0 Å². The lowest BCUT2D eigenvalue weighted by Gasteiger charge is -2.16. The molecule has 0 aliphatic heterocycles. The van der Waals surface area contributed by atoms with Gasteiger partial charge in [0, 0.05) is 5.88 Å². The van der Waals surface area contributed by atoms with E-state index in [0.717, 1.165) is 12.8 Å². The Labute approximate surface area is 71.7 Å². The largest absolute Gasteiger partial charge is 0.197 e. The van der Waals surface area contributed by atoms with Crippen LogP contribution in [0.15, 0.2) is 0 Å². The lowest BCUT2D eigenvalue weighted by molar-refractivity contribution is 0.696. The van der Waals surface area contributed by atoms with Gasteiger partial charge in [-0.15, -0.1) is 23.4 Å². The van der Waals surface area contributed by atoms with E-state index in [1.807, 2.05) is 13.2 Å². The molecular weight excluding hydrogens is 166 g/mol. The molecule has 0 bridgehead atoms. The summed E-state index contributed by atoms with van der Waals surface area (Å²) in [7, 11) is 0. The first-order chi connectivity index (χ1) is 4.68. The molecule has 1 unspecified atom stereocenters. The van der Waals surface area contributed by atoms with Crippen LogP contribution in [0.2, 0.25) is 0 Å². The highest BCUT2D eigenvalue weighted by Gasteiger charge is 2.20. The number of hydrogen-bond donors (Lipinski definition) is 0. The number of hydrogen-bond acceptors (Lipinski definition) is 2. The summed E-state index contributed by atoms with van der Waals surface area (Å²) in [6.45, 7) is 1.95. The van der Waals surface area contributed by atoms with Crippen molar-refractivity contribution < 1.29 is 0 Å². The van der Waals surface area contributed by atoms with Crippen molar-refractivity contribution in [2.24, 2.45) is 0 Å². The summed E-state index contributed by atoms with van der Waals surface area (Å²) in [4.78, 5) is 0. The van der Waals surface area contributed by atoms with Gasteiger partial charge in [-0.25, -0.2) is 0 Å². The van der Waals surface area contributed by atoms with E-state index in [-0.39, 0.29) is 4.75 Å². The van der Waals surface area contributed by atoms with E-state index in [1.165, 1.54) is 0 Å². The number of nitriles is 1. The molecule has 0 aliphatic rings. The summed E-state index contributed by atoms with van der Waals surface area (Å²) < 4.78 is -0.227. The van der Waals surface area contributed by atoms with Crippen LogP contribution in [0.3, 0.4) is 0 Å². The van der Waals surface area contributed by atoms with Gasteiger partial charge in [-0.3, -0.25) is 0 Å². The van der Waals surface area contributed by atoms with Gasteiger partial charge in [0.25, 0.3) is 0 Å². The summed E-state index contributed by atoms with van der Waals surface area (Å²) in [5.41, 5.74) is 0. The summed E-state index contributed by atoms with van der Waals surface area (Å²) in [5, 5.41) is 8.70. The Morgan fingerprint density at radius 1 is 1.70 bits per heavy atom. The molecule has 0 saturated carbocycles. The zero-order chi connectivity index (χ0) is 8.04. The monoisotopic (exact) mass is 177 g/mol. The molecule has 0 radical (unpaired) electrons. The Kier molecular flexibility index (Phi) is 4.93. The number of halogens is 1. The molecule has 1 atom stereocenters. The Morgan fingerprint density at radius 2 is 2.30 bits per heavy atom. The predicted molar refractivity (Wildman–Crippen MR) is 47.5 cm³/mol. The maximum absolute atomic E-state index is 8.70. The first kappa shape index (κ1) is 10.1. The molecule has 0 N–H and O–H groups in total. The number of thioether (sulfide) groups is 1. The zero-order valence-corrected chi connectivity index (χ0v) is 7.93. The van der Waals surface area contributed by atoms with Crippen molar-refractivity contribution in [3.63, 3.8) is 0 Å². The maximum Gasteiger partial charge on any atom is 0.0993 e. The molecule has 0 rings (SSSR count). The highest BCUT2D eigenvalue weighted by molar-refractivity contribution is 8.00. The maximum atomic E-state index is 8.70. The standard InChI is InChI=1S/C7H12ClNS/c1-7(6-9,10-2)4-3-5-8/h3-5H2,1-2H3. The normalized spacial score (nSPS) is 15.8. The highest BCUT2D eigenvalue weighted by atomic mass is 35.5. The van der Waals surface area contributed by atoms with Crippen molar-refractivity contribution >= 4 is 23.4 Å². The highest BCUT2D eigenvalue weighted by Crippen LogP contribution is 2.26. The molecule has 0 fully saturated rings. The van der Waals surface area contributed by atoms with Gasteiger partial charge in [0.05, 0.1) is 10.8 Å². The van der Waals surface area contributed by atoms with Gasteiger partial charge in [0.15, 0.2) is 0 Å². The molecule has 10 heavy (non-hydrogen) atoms. The molecule has 0 saturated heterocycles. The quantitative estimate of drug-likeness (QED) is 0.617. The average molecular weight is 178 g/mol. The van der Waals surface area contributed by atoms with Crippen molar-refractivity contribution in [1.29, 1.82) is 5.26 Å². The smallest absolute Gasteiger partial charge is 0.0993 e. The van der Waals surface area contributed by atoms with Gasteiger partial charge in [-0.1, -0.05) is 0 Å². The second-order valence-corrected chi connectivity index (χ2v) is 4.03. The van der Waals surface area contributed by atoms with Crippen LogP contribution in [0.4, 0.5) is 0 Å². The van der Waals surface area contributed by atoms with Crippen molar-refractivity contribution in [3.8, 4) is 6.07 Å². The molecule has 58 valence electrons. The molecule has 3 heteroatoms. The van der Waals surface area contributed by atoms with E-state index >= 15 is 0 Å². The summed E-state index contributed by atoms with van der Waals surface area (Å²) >= 11 is 7.10. The van der Waals surface area contributed by atoms with Crippen LogP contribution < -0.4 is 0 Å². The lowest BCUT2D eigenvalue weighted by atomic mass is 10.1. The minimum atomic E-state index is -0.227. The fourth-order valence-electron chi connectivity index (χ4n) is 0.608. The van der Waals surface area contributed by atoms with E-state index in [2.05, 4.69) is 6.07 Å². The average Bonchev–Trinajstić information content (AvgIpc) is 2.00. The summed E-state index contributed by atoms with van der Waals surface area (Å²) in [6.07, 6.45) is 3.76. The SMILES string of the molecule is CSC(C)(C#N)CCCCl. The van der Waals surface area contributed by atoms with Gasteiger partial charge in [-0.2, -0.15) is 5.26 Å². The second-order valence-electron chi connectivity index (χ2n) is 2.34. The number of nitrogens with zero attached hydrogens (tertiary/aromatic N) is 1. The topological polar surface area (TPSA) is 23.8 Å². The minimum absolute atomic E-state index is 0.227. The third-order valence-electron chi connectivity index (χ3n) is 1.47. The molecule has 0 aromatic rings. The molecular formula is C7H12ClNS. The van der Waals surface area contributed by atoms with E-state index in [1.54, 1.807) is 11.8 Å². The fourth-order valence-corrected chi connectivity index (χ4v) is 1.18. The summed E-state index contributed by atoms with van der Waals surface area (Å²) in [6, 6.07) is 2.27.